The fourth-order valence-electron chi connectivity index (χ4n) is 2.96. The zero-order valence-corrected chi connectivity index (χ0v) is 13.2. The number of piperazine rings is 1. The van der Waals surface area contributed by atoms with E-state index in [9.17, 15) is 10.1 Å². The Labute approximate surface area is 138 Å². The lowest BCUT2D eigenvalue weighted by Crippen LogP contribution is -2.46. The minimum absolute atomic E-state index is 0.121. The fourth-order valence-corrected chi connectivity index (χ4v) is 2.96. The van der Waals surface area contributed by atoms with Gasteiger partial charge in [0.05, 0.1) is 18.3 Å². The number of hydrogen-bond donors (Lipinski definition) is 0. The fraction of sp³-hybridized carbons (Fsp3) is 0.571. The topological polar surface area (TPSA) is 106 Å². The van der Waals surface area contributed by atoms with Crippen LogP contribution in [0.5, 0.6) is 0 Å². The minimum Gasteiger partial charge on any atom is -0.366 e. The van der Waals surface area contributed by atoms with Crippen molar-refractivity contribution in [2.24, 2.45) is 0 Å². The van der Waals surface area contributed by atoms with Gasteiger partial charge in [0, 0.05) is 32.2 Å². The smallest absolute Gasteiger partial charge is 0.363 e. The van der Waals surface area contributed by atoms with Gasteiger partial charge in [-0.15, -0.1) is 5.10 Å². The second kappa shape index (κ2) is 6.11. The van der Waals surface area contributed by atoms with Crippen LogP contribution in [0.2, 0.25) is 0 Å². The Morgan fingerprint density at radius 3 is 2.62 bits per heavy atom. The molecule has 1 saturated heterocycles. The van der Waals surface area contributed by atoms with E-state index in [1.807, 2.05) is 4.68 Å². The molecular weight excluding hydrogens is 312 g/mol. The summed E-state index contributed by atoms with van der Waals surface area (Å²) in [5.74, 6) is 0.812. The molecule has 2 fully saturated rings. The van der Waals surface area contributed by atoms with E-state index in [2.05, 4.69) is 30.3 Å². The number of aromatic nitrogens is 5. The van der Waals surface area contributed by atoms with Gasteiger partial charge in [-0.3, -0.25) is 4.90 Å². The summed E-state index contributed by atoms with van der Waals surface area (Å²) in [7, 11) is 0. The van der Waals surface area contributed by atoms with Gasteiger partial charge in [0.2, 0.25) is 0 Å². The van der Waals surface area contributed by atoms with Crippen LogP contribution in [0.4, 0.5) is 11.5 Å². The van der Waals surface area contributed by atoms with Gasteiger partial charge in [-0.1, -0.05) is 0 Å². The summed E-state index contributed by atoms with van der Waals surface area (Å²) >= 11 is 0. The molecule has 0 bridgehead atoms. The molecule has 0 amide bonds. The molecule has 1 saturated carbocycles. The lowest BCUT2D eigenvalue weighted by molar-refractivity contribution is -0.389. The van der Waals surface area contributed by atoms with E-state index in [0.29, 0.717) is 6.04 Å². The average molecular weight is 330 g/mol. The molecule has 10 nitrogen and oxygen atoms in total. The van der Waals surface area contributed by atoms with Gasteiger partial charge >= 0.3 is 5.82 Å². The number of hydrogen-bond acceptors (Lipinski definition) is 8. The zero-order valence-electron chi connectivity index (χ0n) is 13.2. The molecule has 126 valence electrons. The van der Waals surface area contributed by atoms with Crippen LogP contribution in [0.3, 0.4) is 0 Å². The number of nitrogens with zero attached hydrogens (tertiary/aromatic N) is 8. The first kappa shape index (κ1) is 14.9. The third-order valence-electron chi connectivity index (χ3n) is 4.48. The van der Waals surface area contributed by atoms with Crippen molar-refractivity contribution < 1.29 is 4.92 Å². The van der Waals surface area contributed by atoms with Crippen LogP contribution in [0.1, 0.15) is 24.7 Å². The van der Waals surface area contributed by atoms with Crippen LogP contribution in [-0.4, -0.2) is 61.2 Å². The standard InChI is InChI=1S/C14H18N8O2/c23-22(24)13-4-3-12(9-15-13)20-7-5-19(6-8-20)10-14-16-17-18-21(14)11-1-2-11/h3-4,9,11H,1-2,5-8,10H2. The van der Waals surface area contributed by atoms with E-state index >= 15 is 0 Å². The molecule has 0 radical (unpaired) electrons. The maximum absolute atomic E-state index is 10.7. The van der Waals surface area contributed by atoms with E-state index in [0.717, 1.165) is 44.2 Å². The minimum atomic E-state index is -0.480. The van der Waals surface area contributed by atoms with Gasteiger partial charge in [-0.25, -0.2) is 4.68 Å². The summed E-state index contributed by atoms with van der Waals surface area (Å²) in [6.45, 7) is 4.26. The van der Waals surface area contributed by atoms with Crippen molar-refractivity contribution in [2.45, 2.75) is 25.4 Å². The maximum Gasteiger partial charge on any atom is 0.363 e. The Kier molecular flexibility index (Phi) is 3.81. The van der Waals surface area contributed by atoms with Gasteiger partial charge in [0.15, 0.2) is 12.0 Å². The molecule has 2 aromatic heterocycles. The van der Waals surface area contributed by atoms with Crippen LogP contribution >= 0.6 is 0 Å². The van der Waals surface area contributed by atoms with Crippen LogP contribution in [0.25, 0.3) is 0 Å². The van der Waals surface area contributed by atoms with Crippen molar-refractivity contribution in [3.8, 4) is 0 Å². The van der Waals surface area contributed by atoms with Crippen molar-refractivity contribution in [1.29, 1.82) is 0 Å². The van der Waals surface area contributed by atoms with Gasteiger partial charge in [-0.05, 0) is 39.2 Å². The SMILES string of the molecule is O=[N+]([O-])c1ccc(N2CCN(Cc3nnnn3C3CC3)CC2)cn1. The zero-order chi connectivity index (χ0) is 16.5. The van der Waals surface area contributed by atoms with Crippen molar-refractivity contribution >= 4 is 11.5 Å². The first-order valence-corrected chi connectivity index (χ1v) is 8.05. The van der Waals surface area contributed by atoms with Crippen molar-refractivity contribution in [3.63, 3.8) is 0 Å². The first-order valence-electron chi connectivity index (χ1n) is 8.05. The molecule has 10 heteroatoms. The highest BCUT2D eigenvalue weighted by molar-refractivity contribution is 5.46. The summed E-state index contributed by atoms with van der Waals surface area (Å²) in [5, 5.41) is 22.7. The van der Waals surface area contributed by atoms with Crippen LogP contribution < -0.4 is 4.90 Å². The predicted molar refractivity (Wildman–Crippen MR) is 84.5 cm³/mol. The molecule has 4 rings (SSSR count). The third kappa shape index (κ3) is 3.04. The molecule has 24 heavy (non-hydrogen) atoms. The number of rotatable bonds is 5. The number of anilines is 1. The Morgan fingerprint density at radius 1 is 1.21 bits per heavy atom. The van der Waals surface area contributed by atoms with Crippen LogP contribution in [-0.2, 0) is 6.54 Å². The summed E-state index contributed by atoms with van der Waals surface area (Å²) in [4.78, 5) is 18.6. The Hall–Kier alpha value is -2.62. The Balaban J connectivity index is 1.34. The summed E-state index contributed by atoms with van der Waals surface area (Å²) in [5.41, 5.74) is 0.920. The van der Waals surface area contributed by atoms with E-state index in [1.54, 1.807) is 12.3 Å². The molecule has 3 heterocycles. The first-order chi connectivity index (χ1) is 11.7. The normalized spacial score (nSPS) is 18.8. The maximum atomic E-state index is 10.7. The second-order valence-electron chi connectivity index (χ2n) is 6.17. The van der Waals surface area contributed by atoms with E-state index < -0.39 is 4.92 Å². The third-order valence-corrected chi connectivity index (χ3v) is 4.48. The van der Waals surface area contributed by atoms with Gasteiger partial charge in [-0.2, -0.15) is 0 Å². The largest absolute Gasteiger partial charge is 0.366 e. The average Bonchev–Trinajstić information content (AvgIpc) is 3.35. The van der Waals surface area contributed by atoms with E-state index in [-0.39, 0.29) is 5.82 Å². The Bertz CT molecular complexity index is 719. The molecule has 2 aromatic rings. The molecule has 0 N–H and O–H groups in total. The monoisotopic (exact) mass is 330 g/mol. The van der Waals surface area contributed by atoms with Crippen molar-refractivity contribution in [1.82, 2.24) is 30.1 Å². The summed E-state index contributed by atoms with van der Waals surface area (Å²) in [6.07, 6.45) is 3.90. The van der Waals surface area contributed by atoms with Crippen molar-refractivity contribution in [3.05, 3.63) is 34.3 Å². The molecular formula is C14H18N8O2. The molecule has 1 aliphatic heterocycles. The number of nitro groups is 1. The lowest BCUT2D eigenvalue weighted by Gasteiger charge is -2.35. The molecule has 0 aromatic carbocycles. The van der Waals surface area contributed by atoms with Gasteiger partial charge in [0.1, 0.15) is 0 Å². The molecule has 0 spiro atoms. The molecule has 0 unspecified atom stereocenters. The Morgan fingerprint density at radius 2 is 2.00 bits per heavy atom. The summed E-state index contributed by atoms with van der Waals surface area (Å²) in [6, 6.07) is 3.70. The lowest BCUT2D eigenvalue weighted by atomic mass is 10.2. The van der Waals surface area contributed by atoms with Gasteiger partial charge in [0.25, 0.3) is 0 Å². The summed E-state index contributed by atoms with van der Waals surface area (Å²) < 4.78 is 1.95. The van der Waals surface area contributed by atoms with Gasteiger partial charge < -0.3 is 15.0 Å². The highest BCUT2D eigenvalue weighted by atomic mass is 16.6. The van der Waals surface area contributed by atoms with Crippen LogP contribution in [0.15, 0.2) is 18.3 Å². The highest BCUT2D eigenvalue weighted by Gasteiger charge is 2.29. The molecule has 1 aliphatic carbocycles. The molecule has 2 aliphatic rings. The quantitative estimate of drug-likeness (QED) is 0.580. The van der Waals surface area contributed by atoms with E-state index in [1.165, 1.54) is 18.9 Å². The number of tetrazole rings is 1. The van der Waals surface area contributed by atoms with Crippen LogP contribution in [0, 0.1) is 10.1 Å². The van der Waals surface area contributed by atoms with E-state index in [4.69, 9.17) is 0 Å². The van der Waals surface area contributed by atoms with Crippen molar-refractivity contribution in [2.75, 3.05) is 31.1 Å². The highest BCUT2D eigenvalue weighted by Crippen LogP contribution is 2.34. The second-order valence-corrected chi connectivity index (χ2v) is 6.17. The molecule has 0 atom stereocenters. The number of pyridine rings is 1. The predicted octanol–water partition coefficient (Wildman–Crippen LogP) is 0.633.